The molecule has 1 unspecified atom stereocenters. The maximum atomic E-state index is 12.4. The lowest BCUT2D eigenvalue weighted by atomic mass is 10.0. The van der Waals surface area contributed by atoms with Crippen LogP contribution in [0.2, 0.25) is 0 Å². The minimum atomic E-state index is -0.170. The monoisotopic (exact) mass is 273 g/mol. The van der Waals surface area contributed by atoms with Crippen LogP contribution in [0.3, 0.4) is 0 Å². The molecule has 1 fully saturated rings. The van der Waals surface area contributed by atoms with Gasteiger partial charge in [0.05, 0.1) is 0 Å². The second kappa shape index (κ2) is 6.56. The van der Waals surface area contributed by atoms with Crippen LogP contribution in [0.1, 0.15) is 27.9 Å². The van der Waals surface area contributed by atoms with Gasteiger partial charge < -0.3 is 15.1 Å². The molecule has 1 aliphatic rings. The number of carbonyl (C=O) groups excluding carboxylic acids is 1. The molecule has 1 atom stereocenters. The molecule has 0 spiro atoms. The lowest BCUT2D eigenvalue weighted by Gasteiger charge is -2.16. The Morgan fingerprint density at radius 2 is 2.25 bits per heavy atom. The quantitative estimate of drug-likeness (QED) is 0.783. The van der Waals surface area contributed by atoms with E-state index in [0.717, 1.165) is 17.5 Å². The van der Waals surface area contributed by atoms with Gasteiger partial charge in [0.2, 0.25) is 0 Å². The van der Waals surface area contributed by atoms with Gasteiger partial charge >= 0.3 is 0 Å². The minimum Gasteiger partial charge on any atom is -0.396 e. The summed E-state index contributed by atoms with van der Waals surface area (Å²) in [5.41, 5.74) is 2.40. The number of nitrogens with zero attached hydrogens (tertiary/aromatic N) is 1. The molecule has 1 amide bonds. The van der Waals surface area contributed by atoms with Gasteiger partial charge in [-0.25, -0.2) is 0 Å². The van der Waals surface area contributed by atoms with Gasteiger partial charge in [-0.2, -0.15) is 0 Å². The van der Waals surface area contributed by atoms with Gasteiger partial charge in [0, 0.05) is 36.7 Å². The summed E-state index contributed by atoms with van der Waals surface area (Å²) in [6.07, 6.45) is 0.862. The largest absolute Gasteiger partial charge is 0.396 e. The number of aryl methyl sites for hydroxylation is 1. The Kier molecular flexibility index (Phi) is 4.78. The van der Waals surface area contributed by atoms with Crippen LogP contribution in [-0.2, 0) is 0 Å². The molecule has 0 aliphatic carbocycles. The highest BCUT2D eigenvalue weighted by Gasteiger charge is 2.26. The summed E-state index contributed by atoms with van der Waals surface area (Å²) in [6, 6.07) is 5.41. The Morgan fingerprint density at radius 3 is 2.85 bits per heavy atom. The first-order chi connectivity index (χ1) is 9.65. The molecular weight excluding hydrogens is 254 g/mol. The van der Waals surface area contributed by atoms with Gasteiger partial charge in [0.25, 0.3) is 5.91 Å². The second-order valence-corrected chi connectivity index (χ2v) is 5.08. The van der Waals surface area contributed by atoms with Crippen LogP contribution < -0.4 is 0 Å². The minimum absolute atomic E-state index is 0.00529. The van der Waals surface area contributed by atoms with E-state index in [1.165, 1.54) is 0 Å². The molecule has 1 aliphatic heterocycles. The van der Waals surface area contributed by atoms with Gasteiger partial charge in [0.1, 0.15) is 6.61 Å². The molecule has 20 heavy (non-hydrogen) atoms. The van der Waals surface area contributed by atoms with Crippen molar-refractivity contribution in [1.82, 2.24) is 4.90 Å². The van der Waals surface area contributed by atoms with E-state index in [4.69, 9.17) is 10.2 Å². The molecule has 1 aromatic rings. The van der Waals surface area contributed by atoms with Gasteiger partial charge in [-0.05, 0) is 37.1 Å². The average molecular weight is 273 g/mol. The molecule has 4 heteroatoms. The van der Waals surface area contributed by atoms with Crippen molar-refractivity contribution < 1.29 is 15.0 Å². The van der Waals surface area contributed by atoms with Crippen molar-refractivity contribution in [2.24, 2.45) is 5.92 Å². The van der Waals surface area contributed by atoms with E-state index >= 15 is 0 Å². The fourth-order valence-corrected chi connectivity index (χ4v) is 2.42. The Hall–Kier alpha value is -1.83. The molecule has 2 N–H and O–H groups in total. The number of amides is 1. The highest BCUT2D eigenvalue weighted by molar-refractivity contribution is 5.94. The van der Waals surface area contributed by atoms with Crippen LogP contribution in [0.15, 0.2) is 18.2 Å². The number of carbonyl (C=O) groups is 1. The van der Waals surface area contributed by atoms with Gasteiger partial charge in [-0.15, -0.1) is 0 Å². The Balaban J connectivity index is 2.13. The number of likely N-dealkylation sites (tertiary alicyclic amines) is 1. The van der Waals surface area contributed by atoms with Crippen LogP contribution in [0.5, 0.6) is 0 Å². The molecule has 106 valence electrons. The molecule has 0 radical (unpaired) electrons. The van der Waals surface area contributed by atoms with Crippen molar-refractivity contribution in [3.05, 3.63) is 34.9 Å². The van der Waals surface area contributed by atoms with Crippen molar-refractivity contribution in [2.75, 3.05) is 26.3 Å². The first kappa shape index (κ1) is 14.6. The highest BCUT2D eigenvalue weighted by Crippen LogP contribution is 2.19. The van der Waals surface area contributed by atoms with Crippen LogP contribution in [0, 0.1) is 24.7 Å². The summed E-state index contributed by atoms with van der Waals surface area (Å²) in [4.78, 5) is 14.1. The van der Waals surface area contributed by atoms with Crippen LogP contribution in [-0.4, -0.2) is 47.3 Å². The first-order valence-electron chi connectivity index (χ1n) is 6.76. The maximum Gasteiger partial charge on any atom is 0.253 e. The van der Waals surface area contributed by atoms with Crippen molar-refractivity contribution in [2.45, 2.75) is 13.3 Å². The molecule has 0 aromatic heterocycles. The van der Waals surface area contributed by atoms with E-state index in [1.807, 2.05) is 19.1 Å². The average Bonchev–Trinajstić information content (AvgIpc) is 2.94. The van der Waals surface area contributed by atoms with Gasteiger partial charge in [-0.3, -0.25) is 4.79 Å². The van der Waals surface area contributed by atoms with E-state index in [2.05, 4.69) is 11.8 Å². The summed E-state index contributed by atoms with van der Waals surface area (Å²) in [5.74, 6) is 5.67. The van der Waals surface area contributed by atoms with E-state index in [9.17, 15) is 4.79 Å². The van der Waals surface area contributed by atoms with Gasteiger partial charge in [0.15, 0.2) is 0 Å². The zero-order valence-electron chi connectivity index (χ0n) is 11.6. The number of benzene rings is 1. The van der Waals surface area contributed by atoms with Crippen LogP contribution in [0.25, 0.3) is 0 Å². The van der Waals surface area contributed by atoms with Crippen LogP contribution >= 0.6 is 0 Å². The van der Waals surface area contributed by atoms with Crippen LogP contribution in [0.4, 0.5) is 0 Å². The fourth-order valence-electron chi connectivity index (χ4n) is 2.42. The summed E-state index contributed by atoms with van der Waals surface area (Å²) >= 11 is 0. The summed E-state index contributed by atoms with van der Waals surface area (Å²) in [5, 5.41) is 17.8. The van der Waals surface area contributed by atoms with Crippen molar-refractivity contribution in [3.8, 4) is 11.8 Å². The smallest absolute Gasteiger partial charge is 0.253 e. The van der Waals surface area contributed by atoms with Gasteiger partial charge in [-0.1, -0.05) is 11.8 Å². The normalized spacial score (nSPS) is 17.8. The van der Waals surface area contributed by atoms with E-state index in [1.54, 1.807) is 11.0 Å². The first-order valence-corrected chi connectivity index (χ1v) is 6.76. The Labute approximate surface area is 119 Å². The molecule has 2 rings (SSSR count). The molecular formula is C16H19NO3. The molecule has 1 saturated heterocycles. The fraction of sp³-hybridized carbons (Fsp3) is 0.438. The van der Waals surface area contributed by atoms with Crippen molar-refractivity contribution >= 4 is 5.91 Å². The number of hydrogen-bond acceptors (Lipinski definition) is 3. The second-order valence-electron chi connectivity index (χ2n) is 5.08. The van der Waals surface area contributed by atoms with E-state index in [-0.39, 0.29) is 25.0 Å². The zero-order chi connectivity index (χ0) is 14.5. The predicted molar refractivity (Wildman–Crippen MR) is 76.2 cm³/mol. The molecule has 1 aromatic carbocycles. The zero-order valence-corrected chi connectivity index (χ0v) is 11.6. The molecule has 0 saturated carbocycles. The standard InChI is InChI=1S/C16H19NO3/c1-12-9-15(5-4-14(12)3-2-8-18)16(20)17-7-6-13(10-17)11-19/h4-5,9,13,18-19H,6-8,10-11H2,1H3. The lowest BCUT2D eigenvalue weighted by Crippen LogP contribution is -2.29. The molecule has 0 bridgehead atoms. The SMILES string of the molecule is Cc1cc(C(=O)N2CCC(CO)C2)ccc1C#CCO. The third-order valence-corrected chi connectivity index (χ3v) is 3.61. The number of aliphatic hydroxyl groups excluding tert-OH is 2. The summed E-state index contributed by atoms with van der Waals surface area (Å²) in [6.45, 7) is 3.20. The van der Waals surface area contributed by atoms with Crippen molar-refractivity contribution in [1.29, 1.82) is 0 Å². The lowest BCUT2D eigenvalue weighted by molar-refractivity contribution is 0.0782. The maximum absolute atomic E-state index is 12.4. The number of hydrogen-bond donors (Lipinski definition) is 2. The number of aliphatic hydroxyl groups is 2. The predicted octanol–water partition coefficient (Wildman–Crippen LogP) is 0.793. The van der Waals surface area contributed by atoms with Crippen molar-refractivity contribution in [3.63, 3.8) is 0 Å². The Bertz CT molecular complexity index is 557. The topological polar surface area (TPSA) is 60.8 Å². The molecule has 4 nitrogen and oxygen atoms in total. The summed E-state index contributed by atoms with van der Waals surface area (Å²) < 4.78 is 0. The highest BCUT2D eigenvalue weighted by atomic mass is 16.3. The summed E-state index contributed by atoms with van der Waals surface area (Å²) in [7, 11) is 0. The number of rotatable bonds is 2. The molecule has 1 heterocycles. The third-order valence-electron chi connectivity index (χ3n) is 3.61. The Morgan fingerprint density at radius 1 is 1.45 bits per heavy atom. The van der Waals surface area contributed by atoms with E-state index in [0.29, 0.717) is 18.7 Å². The third kappa shape index (κ3) is 3.19. The van der Waals surface area contributed by atoms with E-state index < -0.39 is 0 Å².